The van der Waals surface area contributed by atoms with E-state index in [1.807, 2.05) is 41.5 Å². The molecule has 0 aromatic heterocycles. The Morgan fingerprint density at radius 3 is 1.36 bits per heavy atom. The van der Waals surface area contributed by atoms with Crippen molar-refractivity contribution in [2.75, 3.05) is 19.6 Å². The van der Waals surface area contributed by atoms with Gasteiger partial charge in [0.25, 0.3) is 0 Å². The number of sulfonamides is 2. The first-order valence-electron chi connectivity index (χ1n) is 21.6. The van der Waals surface area contributed by atoms with Gasteiger partial charge in [-0.15, -0.1) is 0 Å². The second-order valence-corrected chi connectivity index (χ2v) is 23.5. The Morgan fingerprint density at radius 2 is 1.07 bits per heavy atom. The lowest BCUT2D eigenvalue weighted by atomic mass is 9.75. The minimum atomic E-state index is -3.41. The molecule has 0 heterocycles. The van der Waals surface area contributed by atoms with Gasteiger partial charge in [0.2, 0.25) is 26.0 Å². The minimum Gasteiger partial charge on any atom is -0.481 e. The molecule has 0 saturated heterocycles. The highest BCUT2D eigenvalue weighted by Crippen LogP contribution is 2.56. The molecule has 59 heavy (non-hydrogen) atoms. The minimum absolute atomic E-state index is 0.0127. The number of fused-ring (bicyclic) bond motifs is 6. The van der Waals surface area contributed by atoms with E-state index in [0.717, 1.165) is 62.9 Å². The van der Waals surface area contributed by atoms with E-state index in [1.165, 1.54) is 32.8 Å². The van der Waals surface area contributed by atoms with E-state index < -0.39 is 32.0 Å². The third-order valence-corrected chi connectivity index (χ3v) is 16.6. The molecule has 13 atom stereocenters. The van der Waals surface area contributed by atoms with Gasteiger partial charge >= 0.3 is 17.9 Å². The van der Waals surface area contributed by atoms with Crippen LogP contribution in [0, 0.1) is 87.8 Å². The Labute approximate surface area is 356 Å². The van der Waals surface area contributed by atoms with Crippen molar-refractivity contribution >= 4 is 43.9 Å². The van der Waals surface area contributed by atoms with Gasteiger partial charge in [-0.1, -0.05) is 68.4 Å². The number of nitrogens with one attached hydrogen (secondary N) is 2. The van der Waals surface area contributed by atoms with E-state index in [-0.39, 0.29) is 40.5 Å². The number of allylic oxidation sites excluding steroid dienone is 1. The van der Waals surface area contributed by atoms with Crippen LogP contribution in [-0.4, -0.2) is 70.5 Å². The third-order valence-electron chi connectivity index (χ3n) is 15.4. The first-order chi connectivity index (χ1) is 26.9. The van der Waals surface area contributed by atoms with Crippen molar-refractivity contribution < 1.29 is 51.0 Å². The van der Waals surface area contributed by atoms with Gasteiger partial charge in [-0.25, -0.2) is 16.8 Å². The smallest absolute Gasteiger partial charge is 0.311 e. The van der Waals surface area contributed by atoms with Crippen molar-refractivity contribution in [2.24, 2.45) is 87.8 Å². The Hall–Kier alpha value is -2.68. The molecule has 4 N–H and O–H groups in total. The van der Waals surface area contributed by atoms with Crippen LogP contribution < -0.4 is 9.44 Å². The Morgan fingerprint density at radius 1 is 0.627 bits per heavy atom. The maximum atomic E-state index is 11.8. The monoisotopic (exact) mass is 875 g/mol. The molecule has 13 unspecified atom stereocenters. The highest BCUT2D eigenvalue weighted by Gasteiger charge is 2.52. The Balaban J connectivity index is 0.000000258. The number of rotatable bonds is 10. The molecule has 13 nitrogen and oxygen atoms in total. The summed E-state index contributed by atoms with van der Waals surface area (Å²) in [4.78, 5) is 44.1. The molecular formula is C44H78N2O11S2. The average molecular weight is 875 g/mol. The molecule has 6 aliphatic carbocycles. The lowest BCUT2D eigenvalue weighted by molar-refractivity contribution is -0.151. The summed E-state index contributed by atoms with van der Waals surface area (Å²) in [7, 11) is -5.16. The Bertz CT molecular complexity index is 1710. The van der Waals surface area contributed by atoms with Crippen LogP contribution in [0.15, 0.2) is 12.3 Å². The normalized spacial score (nSPS) is 33.7. The highest BCUT2D eigenvalue weighted by atomic mass is 32.2. The van der Waals surface area contributed by atoms with Crippen molar-refractivity contribution in [1.29, 1.82) is 0 Å². The van der Waals surface area contributed by atoms with Gasteiger partial charge in [-0.05, 0) is 131 Å². The zero-order valence-electron chi connectivity index (χ0n) is 38.2. The number of methoxy groups -OCH3 is 1. The number of hydrogen-bond donors (Lipinski definition) is 4. The van der Waals surface area contributed by atoms with Crippen molar-refractivity contribution in [3.8, 4) is 0 Å². The molecule has 6 fully saturated rings. The van der Waals surface area contributed by atoms with Gasteiger partial charge < -0.3 is 14.9 Å². The number of carbonyl (C=O) groups is 4. The standard InChI is InChI=1S/C11H19NO3S.C10H16O2.C8H17NO2S.C8H12O2.C7H14O2/c1-6-7(2)9-4-8(6)5-10(9)11(13)12-16(3,14)15;1-5-6(2)8-3-7(5)4-9(8)10(11)12;1-6-8(3,4)7(2)9-12(5,10)11;9-8(10)7-4-5-1-2-6(7)3-5;1-5-7(2,3)6(8)9-4/h6-10H,4-5H2,1-3H3,(H,12,13);5-9H,3-4H2,1-2H3,(H,11,12);9H,2,6H2,1,3-5H3;5-7H,1-4H2,(H,9,10);5H2,1-4H3. The van der Waals surface area contributed by atoms with Crippen LogP contribution in [-0.2, 0) is 44.0 Å². The quantitative estimate of drug-likeness (QED) is 0.157. The molecule has 342 valence electrons. The molecule has 0 aliphatic heterocycles. The summed E-state index contributed by atoms with van der Waals surface area (Å²) < 4.78 is 52.8. The first kappa shape index (κ1) is 52.5. The number of hydrogen-bond acceptors (Lipinski definition) is 9. The van der Waals surface area contributed by atoms with E-state index in [2.05, 4.69) is 48.5 Å². The van der Waals surface area contributed by atoms with Crippen LogP contribution in [0.3, 0.4) is 0 Å². The SMILES string of the molecule is C=C(NS(C)(=O)=O)C(C)(C)CC.CC1C2CC(C(=O)NS(C)(=O)=O)C(C2)C1C.CC1C2CC(C(=O)O)C(C2)C1C.CCC(C)(C)C(=O)OC.O=C(O)C1CC2CCC1C2. The molecule has 0 aromatic carbocycles. The third kappa shape index (κ3) is 14.5. The lowest BCUT2D eigenvalue weighted by Gasteiger charge is -2.30. The molecule has 6 aliphatic rings. The summed E-state index contributed by atoms with van der Waals surface area (Å²) in [5, 5.41) is 17.7. The fourth-order valence-electron chi connectivity index (χ4n) is 10.3. The molecule has 6 bridgehead atoms. The summed E-state index contributed by atoms with van der Waals surface area (Å²) >= 11 is 0. The molecule has 15 heteroatoms. The topological polar surface area (TPSA) is 210 Å². The number of ether oxygens (including phenoxy) is 1. The molecule has 0 aromatic rings. The second kappa shape index (κ2) is 20.9. The van der Waals surface area contributed by atoms with Crippen LogP contribution in [0.1, 0.15) is 133 Å². The van der Waals surface area contributed by atoms with Gasteiger partial charge in [0.1, 0.15) is 0 Å². The summed E-state index contributed by atoms with van der Waals surface area (Å²) in [6.07, 6.45) is 12.5. The van der Waals surface area contributed by atoms with Crippen LogP contribution in [0.5, 0.6) is 0 Å². The van der Waals surface area contributed by atoms with Crippen LogP contribution >= 0.6 is 0 Å². The van der Waals surface area contributed by atoms with E-state index in [9.17, 15) is 36.0 Å². The number of esters is 1. The second-order valence-electron chi connectivity index (χ2n) is 20.0. The highest BCUT2D eigenvalue weighted by molar-refractivity contribution is 7.89. The van der Waals surface area contributed by atoms with E-state index in [4.69, 9.17) is 10.2 Å². The summed E-state index contributed by atoms with van der Waals surface area (Å²) in [5.41, 5.74) is 0.0603. The predicted octanol–water partition coefficient (Wildman–Crippen LogP) is 7.58. The summed E-state index contributed by atoms with van der Waals surface area (Å²) in [6, 6.07) is 0. The first-order valence-corrected chi connectivity index (χ1v) is 25.4. The molecule has 1 amide bonds. The zero-order chi connectivity index (χ0) is 45.6. The Kier molecular flexibility index (Phi) is 18.6. The number of carboxylic acids is 2. The van der Waals surface area contributed by atoms with E-state index >= 15 is 0 Å². The van der Waals surface area contributed by atoms with Crippen molar-refractivity contribution in [2.45, 2.75) is 133 Å². The molecule has 6 saturated carbocycles. The number of amides is 1. The van der Waals surface area contributed by atoms with Crippen molar-refractivity contribution in [3.05, 3.63) is 12.3 Å². The van der Waals surface area contributed by atoms with Crippen molar-refractivity contribution in [3.63, 3.8) is 0 Å². The molecule has 0 spiro atoms. The summed E-state index contributed by atoms with van der Waals surface area (Å²) in [5.74, 6) is 4.37. The van der Waals surface area contributed by atoms with Gasteiger partial charge in [0.05, 0.1) is 36.9 Å². The van der Waals surface area contributed by atoms with Crippen LogP contribution in [0.2, 0.25) is 0 Å². The van der Waals surface area contributed by atoms with Gasteiger partial charge in [0.15, 0.2) is 0 Å². The number of carbonyl (C=O) groups excluding carboxylic acids is 2. The van der Waals surface area contributed by atoms with Gasteiger partial charge in [-0.3, -0.25) is 28.6 Å². The van der Waals surface area contributed by atoms with E-state index in [1.54, 1.807) is 0 Å². The summed E-state index contributed by atoms with van der Waals surface area (Å²) in [6.45, 7) is 24.2. The van der Waals surface area contributed by atoms with Crippen molar-refractivity contribution in [1.82, 2.24) is 9.44 Å². The average Bonchev–Trinajstić information content (AvgIpc) is 4.00. The van der Waals surface area contributed by atoms with Gasteiger partial charge in [0, 0.05) is 17.0 Å². The van der Waals surface area contributed by atoms with Crippen LogP contribution in [0.4, 0.5) is 0 Å². The van der Waals surface area contributed by atoms with Gasteiger partial charge in [-0.2, -0.15) is 0 Å². The lowest BCUT2D eigenvalue weighted by Crippen LogP contribution is -2.39. The van der Waals surface area contributed by atoms with Crippen LogP contribution in [0.25, 0.3) is 0 Å². The number of aliphatic carboxylic acids is 2. The number of carboxylic acid groups (broad SMARTS) is 2. The molecule has 6 rings (SSSR count). The molecule has 0 radical (unpaired) electrons. The maximum Gasteiger partial charge on any atom is 0.311 e. The zero-order valence-corrected chi connectivity index (χ0v) is 39.8. The maximum absolute atomic E-state index is 11.8. The fourth-order valence-corrected chi connectivity index (χ4v) is 11.5. The predicted molar refractivity (Wildman–Crippen MR) is 231 cm³/mol. The largest absolute Gasteiger partial charge is 0.481 e. The van der Waals surface area contributed by atoms with E-state index in [0.29, 0.717) is 53.0 Å². The fraction of sp³-hybridized carbons (Fsp3) is 0.864. The molecular weight excluding hydrogens is 797 g/mol.